The number of aromatic amines is 1. The van der Waals surface area contributed by atoms with E-state index < -0.39 is 11.9 Å². The van der Waals surface area contributed by atoms with Gasteiger partial charge in [0, 0.05) is 12.8 Å². The molecule has 3 N–H and O–H groups in total. The molecule has 15 heavy (non-hydrogen) atoms. The summed E-state index contributed by atoms with van der Waals surface area (Å²) in [5.41, 5.74) is 0.342. The molecule has 0 fully saturated rings. The molecule has 1 rings (SSSR count). The number of hydrogen-bond acceptors (Lipinski definition) is 4. The summed E-state index contributed by atoms with van der Waals surface area (Å²) >= 11 is 0. The zero-order valence-corrected chi connectivity index (χ0v) is 8.33. The van der Waals surface area contributed by atoms with Crippen LogP contribution in [0.3, 0.4) is 0 Å². The van der Waals surface area contributed by atoms with Crippen molar-refractivity contribution in [2.75, 3.05) is 19.0 Å². The fraction of sp³-hybridized carbons (Fsp3) is 0.375. The largest absolute Gasteiger partial charge is 0.477 e. The summed E-state index contributed by atoms with van der Waals surface area (Å²) in [5.74, 6) is -1.59. The number of aryl methyl sites for hydroxylation is 1. The van der Waals surface area contributed by atoms with Crippen LogP contribution in [0.4, 0.5) is 5.82 Å². The van der Waals surface area contributed by atoms with E-state index in [1.807, 2.05) is 0 Å². The van der Waals surface area contributed by atoms with E-state index in [0.29, 0.717) is 5.69 Å². The van der Waals surface area contributed by atoms with E-state index in [1.54, 1.807) is 6.92 Å². The number of aromatic nitrogens is 2. The number of amides is 1. The van der Waals surface area contributed by atoms with E-state index >= 15 is 0 Å². The summed E-state index contributed by atoms with van der Waals surface area (Å²) in [6.07, 6.45) is 0. The van der Waals surface area contributed by atoms with Crippen molar-refractivity contribution >= 4 is 17.7 Å². The molecular formula is C8H11N3O4. The molecule has 1 heterocycles. The van der Waals surface area contributed by atoms with Crippen LogP contribution in [0.2, 0.25) is 0 Å². The zero-order valence-electron chi connectivity index (χ0n) is 8.33. The standard InChI is InChI=1S/C8H11N3O4/c1-4-6(8(13)14)7(11-10-4)9-5(12)3-15-2/h3H2,1-2H3,(H,13,14)(H2,9,10,11,12). The maximum atomic E-state index is 11.1. The summed E-state index contributed by atoms with van der Waals surface area (Å²) in [4.78, 5) is 21.9. The zero-order chi connectivity index (χ0) is 11.4. The summed E-state index contributed by atoms with van der Waals surface area (Å²) in [5, 5.41) is 17.3. The van der Waals surface area contributed by atoms with Gasteiger partial charge in [-0.15, -0.1) is 0 Å². The number of rotatable bonds is 4. The fourth-order valence-corrected chi connectivity index (χ4v) is 1.08. The molecule has 0 unspecified atom stereocenters. The lowest BCUT2D eigenvalue weighted by Crippen LogP contribution is -2.19. The second-order valence-electron chi connectivity index (χ2n) is 2.86. The number of aromatic carboxylic acids is 1. The van der Waals surface area contributed by atoms with E-state index in [0.717, 1.165) is 0 Å². The van der Waals surface area contributed by atoms with Crippen molar-refractivity contribution in [2.24, 2.45) is 0 Å². The van der Waals surface area contributed by atoms with Crippen molar-refractivity contribution in [1.82, 2.24) is 10.2 Å². The molecule has 0 saturated carbocycles. The lowest BCUT2D eigenvalue weighted by atomic mass is 10.2. The minimum absolute atomic E-state index is 0.00190. The van der Waals surface area contributed by atoms with E-state index in [9.17, 15) is 9.59 Å². The van der Waals surface area contributed by atoms with Gasteiger partial charge in [0.15, 0.2) is 5.82 Å². The topological polar surface area (TPSA) is 104 Å². The number of carbonyl (C=O) groups excluding carboxylic acids is 1. The number of carbonyl (C=O) groups is 2. The second kappa shape index (κ2) is 4.56. The number of anilines is 1. The Morgan fingerprint density at radius 3 is 2.80 bits per heavy atom. The number of carboxylic acids is 1. The number of nitrogens with zero attached hydrogens (tertiary/aromatic N) is 1. The van der Waals surface area contributed by atoms with Crippen molar-refractivity contribution in [3.63, 3.8) is 0 Å². The predicted molar refractivity (Wildman–Crippen MR) is 50.8 cm³/mol. The van der Waals surface area contributed by atoms with Gasteiger partial charge >= 0.3 is 5.97 Å². The first kappa shape index (κ1) is 11.2. The monoisotopic (exact) mass is 213 g/mol. The molecular weight excluding hydrogens is 202 g/mol. The molecule has 0 aliphatic carbocycles. The predicted octanol–water partition coefficient (Wildman–Crippen LogP) is 0.00122. The molecule has 82 valence electrons. The highest BCUT2D eigenvalue weighted by atomic mass is 16.5. The first-order valence-electron chi connectivity index (χ1n) is 4.13. The van der Waals surface area contributed by atoms with Gasteiger partial charge in [0.1, 0.15) is 12.2 Å². The Labute approximate surface area is 85.4 Å². The second-order valence-corrected chi connectivity index (χ2v) is 2.86. The van der Waals surface area contributed by atoms with Crippen LogP contribution in [0.5, 0.6) is 0 Å². The van der Waals surface area contributed by atoms with Crippen molar-refractivity contribution in [3.8, 4) is 0 Å². The Balaban J connectivity index is 2.86. The quantitative estimate of drug-likeness (QED) is 0.653. The Hall–Kier alpha value is -1.89. The van der Waals surface area contributed by atoms with Crippen molar-refractivity contribution in [1.29, 1.82) is 0 Å². The lowest BCUT2D eigenvalue weighted by Gasteiger charge is -2.01. The van der Waals surface area contributed by atoms with Crippen molar-refractivity contribution < 1.29 is 19.4 Å². The van der Waals surface area contributed by atoms with Crippen LogP contribution in [-0.2, 0) is 9.53 Å². The van der Waals surface area contributed by atoms with E-state index in [1.165, 1.54) is 7.11 Å². The molecule has 0 atom stereocenters. The molecule has 0 aliphatic heterocycles. The van der Waals surface area contributed by atoms with Gasteiger partial charge in [-0.25, -0.2) is 4.79 Å². The summed E-state index contributed by atoms with van der Waals surface area (Å²) in [6.45, 7) is 1.41. The van der Waals surface area contributed by atoms with Gasteiger partial charge in [-0.05, 0) is 6.92 Å². The van der Waals surface area contributed by atoms with Crippen LogP contribution < -0.4 is 5.32 Å². The molecule has 1 aromatic heterocycles. The van der Waals surface area contributed by atoms with Crippen LogP contribution in [0.15, 0.2) is 0 Å². The Morgan fingerprint density at radius 2 is 2.27 bits per heavy atom. The number of ether oxygens (including phenoxy) is 1. The van der Waals surface area contributed by atoms with Gasteiger partial charge in [-0.3, -0.25) is 9.89 Å². The molecule has 0 bridgehead atoms. The number of carboxylic acid groups (broad SMARTS) is 1. The molecule has 7 heteroatoms. The molecule has 0 spiro atoms. The fourth-order valence-electron chi connectivity index (χ4n) is 1.08. The Kier molecular flexibility index (Phi) is 3.40. The number of nitrogens with one attached hydrogen (secondary N) is 2. The molecule has 0 saturated heterocycles. The number of methoxy groups -OCH3 is 1. The molecule has 7 nitrogen and oxygen atoms in total. The minimum Gasteiger partial charge on any atom is -0.477 e. The third-order valence-electron chi connectivity index (χ3n) is 1.69. The summed E-state index contributed by atoms with van der Waals surface area (Å²) in [7, 11) is 1.37. The minimum atomic E-state index is -1.14. The third-order valence-corrected chi connectivity index (χ3v) is 1.69. The number of H-pyrrole nitrogens is 1. The van der Waals surface area contributed by atoms with Crippen LogP contribution >= 0.6 is 0 Å². The SMILES string of the molecule is COCC(=O)Nc1n[nH]c(C)c1C(=O)O. The third kappa shape index (κ3) is 2.53. The van der Waals surface area contributed by atoms with Gasteiger partial charge in [-0.1, -0.05) is 0 Å². The number of hydrogen-bond donors (Lipinski definition) is 3. The van der Waals surface area contributed by atoms with Gasteiger partial charge in [0.25, 0.3) is 5.91 Å². The lowest BCUT2D eigenvalue weighted by molar-refractivity contribution is -0.119. The van der Waals surface area contributed by atoms with E-state index in [2.05, 4.69) is 20.3 Å². The van der Waals surface area contributed by atoms with E-state index in [4.69, 9.17) is 5.11 Å². The van der Waals surface area contributed by atoms with E-state index in [-0.39, 0.29) is 18.0 Å². The van der Waals surface area contributed by atoms with Crippen molar-refractivity contribution in [3.05, 3.63) is 11.3 Å². The highest BCUT2D eigenvalue weighted by molar-refractivity contribution is 6.00. The normalized spacial score (nSPS) is 10.0. The maximum Gasteiger partial charge on any atom is 0.341 e. The molecule has 0 aliphatic rings. The highest BCUT2D eigenvalue weighted by Crippen LogP contribution is 2.15. The Bertz CT molecular complexity index is 385. The average Bonchev–Trinajstić information content (AvgIpc) is 2.47. The van der Waals surface area contributed by atoms with Crippen LogP contribution in [0.1, 0.15) is 16.1 Å². The molecule has 1 aromatic rings. The highest BCUT2D eigenvalue weighted by Gasteiger charge is 2.18. The average molecular weight is 213 g/mol. The Morgan fingerprint density at radius 1 is 1.60 bits per heavy atom. The first-order chi connectivity index (χ1) is 7.06. The van der Waals surface area contributed by atoms with Crippen molar-refractivity contribution in [2.45, 2.75) is 6.92 Å². The van der Waals surface area contributed by atoms with Gasteiger partial charge in [-0.2, -0.15) is 5.10 Å². The maximum absolute atomic E-state index is 11.1. The van der Waals surface area contributed by atoms with Crippen LogP contribution in [-0.4, -0.2) is 40.9 Å². The summed E-state index contributed by atoms with van der Waals surface area (Å²) in [6, 6.07) is 0. The van der Waals surface area contributed by atoms with Crippen LogP contribution in [0.25, 0.3) is 0 Å². The first-order valence-corrected chi connectivity index (χ1v) is 4.13. The van der Waals surface area contributed by atoms with Gasteiger partial charge < -0.3 is 15.2 Å². The van der Waals surface area contributed by atoms with Gasteiger partial charge in [0.2, 0.25) is 0 Å². The smallest absolute Gasteiger partial charge is 0.341 e. The molecule has 1 amide bonds. The van der Waals surface area contributed by atoms with Gasteiger partial charge in [0.05, 0.1) is 0 Å². The molecule has 0 radical (unpaired) electrons. The van der Waals surface area contributed by atoms with Crippen LogP contribution in [0, 0.1) is 6.92 Å². The summed E-state index contributed by atoms with van der Waals surface area (Å²) < 4.78 is 4.59. The molecule has 0 aromatic carbocycles.